The van der Waals surface area contributed by atoms with E-state index in [9.17, 15) is 14.7 Å². The van der Waals surface area contributed by atoms with Crippen LogP contribution in [0, 0.1) is 0 Å². The van der Waals surface area contributed by atoms with Gasteiger partial charge in [-0.05, 0) is 22.3 Å². The van der Waals surface area contributed by atoms with Gasteiger partial charge in [0.25, 0.3) is 0 Å². The van der Waals surface area contributed by atoms with E-state index in [4.69, 9.17) is 14.2 Å². The number of aromatic nitrogens is 2. The van der Waals surface area contributed by atoms with Crippen LogP contribution in [0.3, 0.4) is 0 Å². The van der Waals surface area contributed by atoms with E-state index in [-0.39, 0.29) is 25.4 Å². The molecule has 3 N–H and O–H groups in total. The van der Waals surface area contributed by atoms with E-state index in [0.717, 1.165) is 33.0 Å². The van der Waals surface area contributed by atoms with E-state index in [1.165, 1.54) is 7.11 Å². The fourth-order valence-electron chi connectivity index (χ4n) is 5.05. The quantitative estimate of drug-likeness (QED) is 0.150. The first-order valence-corrected chi connectivity index (χ1v) is 15.8. The number of carbonyl (C=O) groups excluding carboxylic acids is 2. The normalized spacial score (nSPS) is 18.6. The lowest BCUT2D eigenvalue weighted by molar-refractivity contribution is -0.245. The highest BCUT2D eigenvalue weighted by Crippen LogP contribution is 2.39. The maximum Gasteiger partial charge on any atom is 0.328 e. The number of aliphatic hydroxyl groups is 1. The van der Waals surface area contributed by atoms with E-state index in [0.29, 0.717) is 18.6 Å². The van der Waals surface area contributed by atoms with Crippen molar-refractivity contribution in [1.29, 1.82) is 0 Å². The van der Waals surface area contributed by atoms with Crippen molar-refractivity contribution in [3.8, 4) is 0 Å². The van der Waals surface area contributed by atoms with Gasteiger partial charge in [-0.3, -0.25) is 0 Å². The predicted molar refractivity (Wildman–Crippen MR) is 170 cm³/mol. The van der Waals surface area contributed by atoms with Gasteiger partial charge in [-0.1, -0.05) is 90.6 Å². The number of amides is 2. The molecule has 0 radical (unpaired) electrons. The lowest BCUT2D eigenvalue weighted by Gasteiger charge is -2.36. The van der Waals surface area contributed by atoms with Crippen molar-refractivity contribution in [2.24, 2.45) is 7.05 Å². The van der Waals surface area contributed by atoms with Gasteiger partial charge in [-0.15, -0.1) is 0 Å². The zero-order chi connectivity index (χ0) is 31.6. The molecular weight excluding hydrogens is 592 g/mol. The molecule has 236 valence electrons. The van der Waals surface area contributed by atoms with Crippen LogP contribution in [0.5, 0.6) is 0 Å². The number of rotatable bonds is 12. The third-order valence-corrected chi connectivity index (χ3v) is 8.76. The summed E-state index contributed by atoms with van der Waals surface area (Å²) < 4.78 is 19.8. The Kier molecular flexibility index (Phi) is 11.3. The summed E-state index contributed by atoms with van der Waals surface area (Å²) in [5.41, 5.74) is 4.52. The van der Waals surface area contributed by atoms with Gasteiger partial charge >= 0.3 is 12.0 Å². The van der Waals surface area contributed by atoms with Crippen LogP contribution >= 0.6 is 11.8 Å². The van der Waals surface area contributed by atoms with Crippen molar-refractivity contribution >= 4 is 23.8 Å². The van der Waals surface area contributed by atoms with Crippen molar-refractivity contribution < 1.29 is 28.9 Å². The lowest BCUT2D eigenvalue weighted by Crippen LogP contribution is -2.47. The van der Waals surface area contributed by atoms with E-state index >= 15 is 0 Å². The summed E-state index contributed by atoms with van der Waals surface area (Å²) in [6.07, 6.45) is 3.85. The number of benzene rings is 3. The zero-order valence-electron chi connectivity index (χ0n) is 25.3. The summed E-state index contributed by atoms with van der Waals surface area (Å²) in [7, 11) is 3.27. The van der Waals surface area contributed by atoms with Crippen LogP contribution in [0.2, 0.25) is 0 Å². The average Bonchev–Trinajstić information content (AvgIpc) is 3.50. The molecule has 45 heavy (non-hydrogen) atoms. The molecule has 0 aliphatic carbocycles. The predicted octanol–water partition coefficient (Wildman–Crippen LogP) is 4.83. The van der Waals surface area contributed by atoms with Crippen LogP contribution < -0.4 is 10.6 Å². The molecule has 1 fully saturated rings. The maximum atomic E-state index is 12.7. The number of methoxy groups -OCH3 is 1. The molecule has 0 spiro atoms. The number of hydrogen-bond donors (Lipinski definition) is 3. The Morgan fingerprint density at radius 2 is 1.71 bits per heavy atom. The van der Waals surface area contributed by atoms with Crippen molar-refractivity contribution in [2.75, 3.05) is 12.9 Å². The molecule has 1 aliphatic heterocycles. The number of imidazole rings is 1. The Bertz CT molecular complexity index is 1530. The maximum absolute atomic E-state index is 12.7. The van der Waals surface area contributed by atoms with Gasteiger partial charge in [0.2, 0.25) is 0 Å². The van der Waals surface area contributed by atoms with Gasteiger partial charge in [0.1, 0.15) is 6.04 Å². The molecule has 2 amide bonds. The van der Waals surface area contributed by atoms with Gasteiger partial charge in [0, 0.05) is 50.1 Å². The van der Waals surface area contributed by atoms with Crippen LogP contribution in [0.25, 0.3) is 0 Å². The van der Waals surface area contributed by atoms with Gasteiger partial charge in [0.15, 0.2) is 11.4 Å². The summed E-state index contributed by atoms with van der Waals surface area (Å²) in [5, 5.41) is 15.9. The number of thioether (sulfide) groups is 1. The molecule has 0 saturated carbocycles. The number of carbonyl (C=O) groups is 2. The number of esters is 1. The minimum absolute atomic E-state index is 0.0110. The molecule has 1 aliphatic rings. The second kappa shape index (κ2) is 15.7. The van der Waals surface area contributed by atoms with Crippen LogP contribution in [0.1, 0.15) is 46.6 Å². The Hall–Kier alpha value is -4.16. The molecule has 4 atom stereocenters. The number of hydrogen-bond acceptors (Lipinski definition) is 8. The van der Waals surface area contributed by atoms with Crippen LogP contribution in [0.15, 0.2) is 96.4 Å². The number of urea groups is 1. The molecule has 5 rings (SSSR count). The summed E-state index contributed by atoms with van der Waals surface area (Å²) in [4.78, 5) is 29.4. The minimum Gasteiger partial charge on any atom is -0.467 e. The van der Waals surface area contributed by atoms with Crippen molar-refractivity contribution in [3.63, 3.8) is 0 Å². The topological polar surface area (TPSA) is 124 Å². The van der Waals surface area contributed by atoms with Gasteiger partial charge in [-0.2, -0.15) is 0 Å². The Balaban J connectivity index is 1.21. The number of nitrogens with one attached hydrogen (secondary N) is 2. The fourth-order valence-corrected chi connectivity index (χ4v) is 6.00. The van der Waals surface area contributed by atoms with E-state index in [2.05, 4.69) is 15.6 Å². The monoisotopic (exact) mass is 630 g/mol. The van der Waals surface area contributed by atoms with Gasteiger partial charge in [0.05, 0.1) is 25.9 Å². The van der Waals surface area contributed by atoms with Crippen molar-refractivity contribution in [1.82, 2.24) is 20.2 Å². The van der Waals surface area contributed by atoms with Gasteiger partial charge in [-0.25, -0.2) is 14.6 Å². The second-order valence-electron chi connectivity index (χ2n) is 10.8. The molecule has 3 aromatic carbocycles. The highest BCUT2D eigenvalue weighted by atomic mass is 32.2. The SMILES string of the molecule is COC(=O)[C@H](Cc1ccccc1)NC(=O)NCc1ccc([C@@H]2O[C@H](CSc3nccn3C)C[C@H](c3ccc(CO)cc3)O2)cc1. The van der Waals surface area contributed by atoms with E-state index in [1.54, 1.807) is 18.0 Å². The van der Waals surface area contributed by atoms with E-state index < -0.39 is 24.3 Å². The number of nitrogens with zero attached hydrogens (tertiary/aromatic N) is 2. The second-order valence-corrected chi connectivity index (χ2v) is 11.8. The van der Waals surface area contributed by atoms with Gasteiger partial charge < -0.3 is 34.5 Å². The van der Waals surface area contributed by atoms with Crippen LogP contribution in [0.4, 0.5) is 4.79 Å². The molecule has 1 saturated heterocycles. The molecule has 0 bridgehead atoms. The molecule has 4 aromatic rings. The Morgan fingerprint density at radius 1 is 1.00 bits per heavy atom. The van der Waals surface area contributed by atoms with Crippen LogP contribution in [-0.4, -0.2) is 51.7 Å². The molecule has 11 heteroatoms. The summed E-state index contributed by atoms with van der Waals surface area (Å²) in [6.45, 7) is 0.253. The molecule has 2 heterocycles. The third-order valence-electron chi connectivity index (χ3n) is 7.57. The minimum atomic E-state index is -0.809. The molecular formula is C34H38N4O6S. The average molecular weight is 631 g/mol. The van der Waals surface area contributed by atoms with Crippen LogP contribution in [-0.2, 0) is 45.6 Å². The third kappa shape index (κ3) is 8.95. The van der Waals surface area contributed by atoms with E-state index in [1.807, 2.05) is 96.7 Å². The Labute approximate surface area is 267 Å². The molecule has 1 aromatic heterocycles. The Morgan fingerprint density at radius 3 is 2.38 bits per heavy atom. The van der Waals surface area contributed by atoms with Crippen molar-refractivity contribution in [3.05, 3.63) is 119 Å². The van der Waals surface area contributed by atoms with Crippen molar-refractivity contribution in [2.45, 2.75) is 55.7 Å². The lowest BCUT2D eigenvalue weighted by atomic mass is 10.0. The summed E-state index contributed by atoms with van der Waals surface area (Å²) in [6, 6.07) is 23.7. The number of ether oxygens (including phenoxy) is 3. The summed E-state index contributed by atoms with van der Waals surface area (Å²) in [5.74, 6) is 0.203. The summed E-state index contributed by atoms with van der Waals surface area (Å²) >= 11 is 1.64. The first-order valence-electron chi connectivity index (χ1n) is 14.8. The first kappa shape index (κ1) is 32.2. The standard InChI is InChI=1S/C34H38N4O6S/c1-38-17-16-35-34(38)45-22-28-19-30(26-12-10-25(21-39)11-13-26)44-32(43-28)27-14-8-24(9-15-27)20-36-33(41)37-29(31(40)42-2)18-23-6-4-3-5-7-23/h3-17,28-30,32,39H,18-22H2,1-2H3,(H2,36,37,41)/t28-,29-,30+,32+/m0/s1. The molecule has 10 nitrogen and oxygen atoms in total. The fraction of sp³-hybridized carbons (Fsp3) is 0.324. The number of aryl methyl sites for hydroxylation is 1. The number of aliphatic hydroxyl groups excluding tert-OH is 1. The highest BCUT2D eigenvalue weighted by Gasteiger charge is 2.32. The highest BCUT2D eigenvalue weighted by molar-refractivity contribution is 7.99. The first-order chi connectivity index (χ1) is 21.9. The molecule has 0 unspecified atom stereocenters. The smallest absolute Gasteiger partial charge is 0.328 e. The zero-order valence-corrected chi connectivity index (χ0v) is 26.1. The largest absolute Gasteiger partial charge is 0.467 e.